The first-order chi connectivity index (χ1) is 6.65. The Morgan fingerprint density at radius 3 is 2.29 bits per heavy atom. The first kappa shape index (κ1) is 14.0. The Bertz CT molecular complexity index is 157. The summed E-state index contributed by atoms with van der Waals surface area (Å²) in [5.74, 6) is 1.43. The fourth-order valence-corrected chi connectivity index (χ4v) is 2.35. The van der Waals surface area contributed by atoms with Crippen molar-refractivity contribution < 1.29 is 4.79 Å². The van der Waals surface area contributed by atoms with Gasteiger partial charge >= 0.3 is 0 Å². The van der Waals surface area contributed by atoms with Crippen molar-refractivity contribution in [2.24, 2.45) is 0 Å². The second kappa shape index (κ2) is 8.30. The van der Waals surface area contributed by atoms with Gasteiger partial charge in [0.2, 0.25) is 0 Å². The molecule has 14 heavy (non-hydrogen) atoms. The molecule has 0 aliphatic heterocycles. The Hall–Kier alpha value is -0.0200. The zero-order valence-electron chi connectivity index (χ0n) is 9.88. The Morgan fingerprint density at radius 1 is 1.29 bits per heavy atom. The molecule has 2 nitrogen and oxygen atoms in total. The molecule has 0 aliphatic carbocycles. The van der Waals surface area contributed by atoms with E-state index < -0.39 is 0 Å². The van der Waals surface area contributed by atoms with Crippen LogP contribution in [0.1, 0.15) is 34.1 Å². The number of hydrogen-bond donors (Lipinski definition) is 0. The highest BCUT2D eigenvalue weighted by Gasteiger charge is 2.10. The lowest BCUT2D eigenvalue weighted by atomic mass is 10.2. The van der Waals surface area contributed by atoms with Crippen LogP contribution >= 0.6 is 11.8 Å². The average Bonchev–Trinajstić information content (AvgIpc) is 2.22. The van der Waals surface area contributed by atoms with Gasteiger partial charge in [-0.3, -0.25) is 4.79 Å². The Balaban J connectivity index is 3.57. The minimum Gasteiger partial charge on any atom is -0.303 e. The van der Waals surface area contributed by atoms with Gasteiger partial charge in [0.05, 0.1) is 5.25 Å². The molecule has 1 unspecified atom stereocenters. The second-order valence-corrected chi connectivity index (χ2v) is 4.81. The lowest BCUT2D eigenvalue weighted by Crippen LogP contribution is -2.26. The van der Waals surface area contributed by atoms with Crippen molar-refractivity contribution in [3.8, 4) is 0 Å². The molecule has 0 heterocycles. The third-order valence-corrected chi connectivity index (χ3v) is 3.65. The summed E-state index contributed by atoms with van der Waals surface area (Å²) in [5.41, 5.74) is 0. The van der Waals surface area contributed by atoms with Gasteiger partial charge in [-0.05, 0) is 20.0 Å². The van der Waals surface area contributed by atoms with Crippen LogP contribution in [0.25, 0.3) is 0 Å². The number of hydrogen-bond acceptors (Lipinski definition) is 3. The lowest BCUT2D eigenvalue weighted by molar-refractivity contribution is -0.117. The summed E-state index contributed by atoms with van der Waals surface area (Å²) in [6.07, 6.45) is 0.666. The van der Waals surface area contributed by atoms with Crippen LogP contribution < -0.4 is 0 Å². The van der Waals surface area contributed by atoms with Crippen molar-refractivity contribution in [1.29, 1.82) is 0 Å². The molecular weight excluding hydrogens is 194 g/mol. The van der Waals surface area contributed by atoms with Crippen molar-refractivity contribution in [2.45, 2.75) is 39.4 Å². The molecular formula is C11H23NOS. The fraction of sp³-hybridized carbons (Fsp3) is 0.909. The molecule has 0 fully saturated rings. The summed E-state index contributed by atoms with van der Waals surface area (Å²) in [6, 6.07) is 0. The first-order valence-corrected chi connectivity index (χ1v) is 6.57. The fourth-order valence-electron chi connectivity index (χ4n) is 1.28. The van der Waals surface area contributed by atoms with Crippen LogP contribution in [0.2, 0.25) is 0 Å². The molecule has 0 amide bonds. The van der Waals surface area contributed by atoms with Crippen LogP contribution in [-0.2, 0) is 4.79 Å². The van der Waals surface area contributed by atoms with Gasteiger partial charge in [0.1, 0.15) is 5.78 Å². The molecule has 1 atom stereocenters. The quantitative estimate of drug-likeness (QED) is 0.623. The van der Waals surface area contributed by atoms with Crippen LogP contribution in [0.4, 0.5) is 0 Å². The number of carbonyl (C=O) groups is 1. The van der Waals surface area contributed by atoms with Gasteiger partial charge in [0, 0.05) is 18.7 Å². The molecule has 0 spiro atoms. The maximum atomic E-state index is 11.3. The molecule has 0 aliphatic rings. The van der Waals surface area contributed by atoms with Crippen LogP contribution in [0.15, 0.2) is 0 Å². The van der Waals surface area contributed by atoms with E-state index in [0.29, 0.717) is 12.2 Å². The maximum absolute atomic E-state index is 11.3. The lowest BCUT2D eigenvalue weighted by Gasteiger charge is -2.18. The molecule has 3 heteroatoms. The number of rotatable bonds is 8. The van der Waals surface area contributed by atoms with E-state index in [1.807, 2.05) is 13.8 Å². The highest BCUT2D eigenvalue weighted by Crippen LogP contribution is 2.12. The third-order valence-electron chi connectivity index (χ3n) is 2.47. The molecule has 0 aromatic carbocycles. The largest absolute Gasteiger partial charge is 0.303 e. The van der Waals surface area contributed by atoms with Gasteiger partial charge in [-0.2, -0.15) is 0 Å². The minimum absolute atomic E-state index is 0.176. The average molecular weight is 217 g/mol. The minimum atomic E-state index is 0.176. The predicted octanol–water partition coefficient (Wildman–Crippen LogP) is 2.43. The summed E-state index contributed by atoms with van der Waals surface area (Å²) in [5, 5.41) is 0.176. The molecule has 0 saturated carbocycles. The summed E-state index contributed by atoms with van der Waals surface area (Å²) in [7, 11) is 0. The van der Waals surface area contributed by atoms with Gasteiger partial charge in [-0.1, -0.05) is 20.8 Å². The van der Waals surface area contributed by atoms with Crippen molar-refractivity contribution in [2.75, 3.05) is 25.4 Å². The standard InChI is InChI=1S/C11H23NOS/c1-5-11(13)10(4)14-9-8-12(6-2)7-3/h10H,5-9H2,1-4H3. The van der Waals surface area contributed by atoms with E-state index >= 15 is 0 Å². The number of carbonyl (C=O) groups excluding carboxylic acids is 1. The monoisotopic (exact) mass is 217 g/mol. The molecule has 0 aromatic heterocycles. The number of Topliss-reactive ketones (excluding diaryl/α,β-unsaturated/α-hetero) is 1. The van der Waals surface area contributed by atoms with Crippen LogP contribution in [0.5, 0.6) is 0 Å². The highest BCUT2D eigenvalue weighted by atomic mass is 32.2. The van der Waals surface area contributed by atoms with Crippen molar-refractivity contribution in [1.82, 2.24) is 4.90 Å². The zero-order valence-corrected chi connectivity index (χ0v) is 10.7. The van der Waals surface area contributed by atoms with Gasteiger partial charge < -0.3 is 4.90 Å². The number of ketones is 1. The van der Waals surface area contributed by atoms with E-state index in [1.54, 1.807) is 11.8 Å². The number of thioether (sulfide) groups is 1. The summed E-state index contributed by atoms with van der Waals surface area (Å²) >= 11 is 1.78. The van der Waals surface area contributed by atoms with E-state index in [9.17, 15) is 4.79 Å². The molecule has 0 radical (unpaired) electrons. The van der Waals surface area contributed by atoms with E-state index in [1.165, 1.54) is 0 Å². The van der Waals surface area contributed by atoms with E-state index in [2.05, 4.69) is 18.7 Å². The second-order valence-electron chi connectivity index (χ2n) is 3.36. The van der Waals surface area contributed by atoms with Crippen LogP contribution in [-0.4, -0.2) is 41.3 Å². The van der Waals surface area contributed by atoms with Gasteiger partial charge in [-0.25, -0.2) is 0 Å². The number of nitrogens with zero attached hydrogens (tertiary/aromatic N) is 1. The molecule has 84 valence electrons. The molecule has 0 rings (SSSR count). The Labute approximate surface area is 92.4 Å². The van der Waals surface area contributed by atoms with E-state index in [4.69, 9.17) is 0 Å². The molecule has 0 N–H and O–H groups in total. The molecule has 0 saturated heterocycles. The molecule has 0 aromatic rings. The normalized spacial score (nSPS) is 13.2. The zero-order chi connectivity index (χ0) is 11.0. The Kier molecular flexibility index (Phi) is 8.29. The summed E-state index contributed by atoms with van der Waals surface area (Å²) in [4.78, 5) is 13.7. The van der Waals surface area contributed by atoms with Gasteiger partial charge in [-0.15, -0.1) is 11.8 Å². The van der Waals surface area contributed by atoms with Crippen LogP contribution in [0.3, 0.4) is 0 Å². The van der Waals surface area contributed by atoms with Crippen LogP contribution in [0, 0.1) is 0 Å². The van der Waals surface area contributed by atoms with Crippen molar-refractivity contribution in [3.63, 3.8) is 0 Å². The smallest absolute Gasteiger partial charge is 0.145 e. The molecule has 0 bridgehead atoms. The van der Waals surface area contributed by atoms with Gasteiger partial charge in [0.25, 0.3) is 0 Å². The van der Waals surface area contributed by atoms with Crippen molar-refractivity contribution in [3.05, 3.63) is 0 Å². The first-order valence-electron chi connectivity index (χ1n) is 5.52. The highest BCUT2D eigenvalue weighted by molar-refractivity contribution is 8.00. The van der Waals surface area contributed by atoms with E-state index in [0.717, 1.165) is 25.4 Å². The SMILES string of the molecule is CCC(=O)C(C)SCCN(CC)CC. The summed E-state index contributed by atoms with van der Waals surface area (Å²) in [6.45, 7) is 11.6. The maximum Gasteiger partial charge on any atom is 0.145 e. The summed E-state index contributed by atoms with van der Waals surface area (Å²) < 4.78 is 0. The van der Waals surface area contributed by atoms with Gasteiger partial charge in [0.15, 0.2) is 0 Å². The third kappa shape index (κ3) is 5.66. The predicted molar refractivity (Wildman–Crippen MR) is 65.0 cm³/mol. The van der Waals surface area contributed by atoms with E-state index in [-0.39, 0.29) is 5.25 Å². The Morgan fingerprint density at radius 2 is 1.86 bits per heavy atom. The van der Waals surface area contributed by atoms with Crippen molar-refractivity contribution >= 4 is 17.5 Å². The topological polar surface area (TPSA) is 20.3 Å².